The molecule has 3 rings (SSSR count). The number of urea groups is 1. The van der Waals surface area contributed by atoms with Crippen molar-refractivity contribution in [3.05, 3.63) is 65.5 Å². The molecule has 6 nitrogen and oxygen atoms in total. The van der Waals surface area contributed by atoms with Crippen molar-refractivity contribution in [3.63, 3.8) is 0 Å². The molecule has 160 valence electrons. The summed E-state index contributed by atoms with van der Waals surface area (Å²) in [5, 5.41) is 5.87. The lowest BCUT2D eigenvalue weighted by Gasteiger charge is -2.38. The first-order valence-corrected chi connectivity index (χ1v) is 10.1. The second-order valence-corrected chi connectivity index (χ2v) is 7.87. The number of methoxy groups -OCH3 is 1. The lowest BCUT2D eigenvalue weighted by Crippen LogP contribution is -2.50. The van der Waals surface area contributed by atoms with Gasteiger partial charge in [-0.2, -0.15) is 0 Å². The van der Waals surface area contributed by atoms with E-state index in [1.165, 1.54) is 12.1 Å². The number of carbonyl (C=O) groups is 2. The Hall–Kier alpha value is -3.09. The Kier molecular flexibility index (Phi) is 6.92. The summed E-state index contributed by atoms with van der Waals surface area (Å²) in [4.78, 5) is 26.9. The van der Waals surface area contributed by atoms with Crippen LogP contribution in [-0.2, 0) is 17.9 Å². The standard InChI is InChI=1S/C23H28FN3O3/c1-23(21(28)25-15-17-6-8-19(24)9-7-17)10-12-27(13-11-23)22(29)26-16-18-4-3-5-20(14-18)30-2/h3-9,14H,10-13,15-16H2,1-2H3,(H,25,28)(H,26,29). The highest BCUT2D eigenvalue weighted by Gasteiger charge is 2.37. The van der Waals surface area contributed by atoms with Crippen LogP contribution in [0.2, 0.25) is 0 Å². The van der Waals surface area contributed by atoms with Gasteiger partial charge in [-0.05, 0) is 48.2 Å². The van der Waals surface area contributed by atoms with Crippen molar-refractivity contribution >= 4 is 11.9 Å². The molecule has 3 amide bonds. The maximum absolute atomic E-state index is 13.0. The van der Waals surface area contributed by atoms with E-state index in [4.69, 9.17) is 4.74 Å². The summed E-state index contributed by atoms with van der Waals surface area (Å²) in [5.74, 6) is 0.416. The Morgan fingerprint density at radius 2 is 1.70 bits per heavy atom. The van der Waals surface area contributed by atoms with Crippen LogP contribution in [0.25, 0.3) is 0 Å². The number of ether oxygens (including phenoxy) is 1. The minimum Gasteiger partial charge on any atom is -0.497 e. The van der Waals surface area contributed by atoms with E-state index < -0.39 is 5.41 Å². The monoisotopic (exact) mass is 413 g/mol. The number of hydrogen-bond donors (Lipinski definition) is 2. The average Bonchev–Trinajstić information content (AvgIpc) is 2.77. The van der Waals surface area contributed by atoms with E-state index in [0.29, 0.717) is 39.0 Å². The highest BCUT2D eigenvalue weighted by atomic mass is 19.1. The third-order valence-corrected chi connectivity index (χ3v) is 5.65. The van der Waals surface area contributed by atoms with Gasteiger partial charge >= 0.3 is 6.03 Å². The third kappa shape index (κ3) is 5.49. The summed E-state index contributed by atoms with van der Waals surface area (Å²) in [6, 6.07) is 13.5. The van der Waals surface area contributed by atoms with Gasteiger partial charge < -0.3 is 20.3 Å². The molecule has 0 spiro atoms. The summed E-state index contributed by atoms with van der Waals surface area (Å²) in [6.07, 6.45) is 1.18. The van der Waals surface area contributed by atoms with Crippen LogP contribution in [0.15, 0.2) is 48.5 Å². The average molecular weight is 413 g/mol. The number of rotatable bonds is 6. The van der Waals surface area contributed by atoms with Crippen LogP contribution in [0, 0.1) is 11.2 Å². The van der Waals surface area contributed by atoms with Gasteiger partial charge in [0.15, 0.2) is 0 Å². The molecule has 2 aromatic rings. The minimum atomic E-state index is -0.524. The summed E-state index contributed by atoms with van der Waals surface area (Å²) < 4.78 is 18.2. The number of amides is 3. The number of likely N-dealkylation sites (tertiary alicyclic amines) is 1. The molecule has 2 aromatic carbocycles. The molecule has 1 aliphatic heterocycles. The Balaban J connectivity index is 1.45. The van der Waals surface area contributed by atoms with Gasteiger partial charge in [-0.25, -0.2) is 9.18 Å². The van der Waals surface area contributed by atoms with Crippen LogP contribution in [0.1, 0.15) is 30.9 Å². The Labute approximate surface area is 176 Å². The zero-order chi connectivity index (χ0) is 21.6. The van der Waals surface area contributed by atoms with Gasteiger partial charge in [-0.15, -0.1) is 0 Å². The quantitative estimate of drug-likeness (QED) is 0.762. The molecule has 1 fully saturated rings. The van der Waals surface area contributed by atoms with Crippen LogP contribution < -0.4 is 15.4 Å². The van der Waals surface area contributed by atoms with Crippen molar-refractivity contribution in [2.24, 2.45) is 5.41 Å². The molecule has 1 heterocycles. The van der Waals surface area contributed by atoms with Crippen LogP contribution in [0.4, 0.5) is 9.18 Å². The summed E-state index contributed by atoms with van der Waals surface area (Å²) in [6.45, 7) is 3.74. The Morgan fingerprint density at radius 3 is 2.37 bits per heavy atom. The second-order valence-electron chi connectivity index (χ2n) is 7.87. The van der Waals surface area contributed by atoms with Gasteiger partial charge in [0.25, 0.3) is 0 Å². The van der Waals surface area contributed by atoms with Crippen LogP contribution in [-0.4, -0.2) is 37.0 Å². The SMILES string of the molecule is COc1cccc(CNC(=O)N2CCC(C)(C(=O)NCc3ccc(F)cc3)CC2)c1. The Bertz CT molecular complexity index is 878. The lowest BCUT2D eigenvalue weighted by molar-refractivity contribution is -0.132. The molecular formula is C23H28FN3O3. The maximum Gasteiger partial charge on any atom is 0.317 e. The van der Waals surface area contributed by atoms with Crippen LogP contribution in [0.5, 0.6) is 5.75 Å². The smallest absolute Gasteiger partial charge is 0.317 e. The number of hydrogen-bond acceptors (Lipinski definition) is 3. The van der Waals surface area contributed by atoms with Crippen molar-refractivity contribution in [2.75, 3.05) is 20.2 Å². The lowest BCUT2D eigenvalue weighted by atomic mass is 9.79. The number of nitrogens with one attached hydrogen (secondary N) is 2. The molecular weight excluding hydrogens is 385 g/mol. The van der Waals surface area contributed by atoms with Crippen molar-refractivity contribution in [2.45, 2.75) is 32.9 Å². The summed E-state index contributed by atoms with van der Waals surface area (Å²) in [5.41, 5.74) is 1.29. The van der Waals surface area contributed by atoms with E-state index in [-0.39, 0.29) is 17.8 Å². The molecule has 1 aliphatic rings. The van der Waals surface area contributed by atoms with E-state index >= 15 is 0 Å². The summed E-state index contributed by atoms with van der Waals surface area (Å²) >= 11 is 0. The van der Waals surface area contributed by atoms with Crippen molar-refractivity contribution in [1.82, 2.24) is 15.5 Å². The molecule has 0 bridgehead atoms. The summed E-state index contributed by atoms with van der Waals surface area (Å²) in [7, 11) is 1.61. The largest absolute Gasteiger partial charge is 0.497 e. The van der Waals surface area contributed by atoms with Gasteiger partial charge in [-0.1, -0.05) is 31.2 Å². The van der Waals surface area contributed by atoms with Gasteiger partial charge in [0.05, 0.1) is 7.11 Å². The molecule has 0 atom stereocenters. The number of nitrogens with zero attached hydrogens (tertiary/aromatic N) is 1. The van der Waals surface area contributed by atoms with Gasteiger partial charge in [0.1, 0.15) is 11.6 Å². The topological polar surface area (TPSA) is 70.7 Å². The molecule has 0 radical (unpaired) electrons. The van der Waals surface area contributed by atoms with Gasteiger partial charge in [0, 0.05) is 31.6 Å². The highest BCUT2D eigenvalue weighted by molar-refractivity contribution is 5.83. The normalized spacial score (nSPS) is 15.4. The number of benzene rings is 2. The molecule has 1 saturated heterocycles. The fourth-order valence-electron chi connectivity index (χ4n) is 3.50. The highest BCUT2D eigenvalue weighted by Crippen LogP contribution is 2.31. The number of halogens is 1. The number of piperidine rings is 1. The van der Waals surface area contributed by atoms with E-state index in [9.17, 15) is 14.0 Å². The van der Waals surface area contributed by atoms with E-state index in [2.05, 4.69) is 10.6 Å². The van der Waals surface area contributed by atoms with Gasteiger partial charge in [-0.3, -0.25) is 4.79 Å². The Morgan fingerprint density at radius 1 is 1.03 bits per heavy atom. The van der Waals surface area contributed by atoms with E-state index in [1.807, 2.05) is 31.2 Å². The molecule has 2 N–H and O–H groups in total. The zero-order valence-corrected chi connectivity index (χ0v) is 17.4. The molecule has 0 aromatic heterocycles. The minimum absolute atomic E-state index is 0.0386. The predicted octanol–water partition coefficient (Wildman–Crippen LogP) is 3.46. The third-order valence-electron chi connectivity index (χ3n) is 5.65. The van der Waals surface area contributed by atoms with Crippen molar-refractivity contribution in [3.8, 4) is 5.75 Å². The molecule has 0 saturated carbocycles. The second kappa shape index (κ2) is 9.61. The van der Waals surface area contributed by atoms with Crippen molar-refractivity contribution < 1.29 is 18.7 Å². The molecule has 7 heteroatoms. The van der Waals surface area contributed by atoms with Gasteiger partial charge in [0.2, 0.25) is 5.91 Å². The first kappa shape index (κ1) is 21.6. The molecule has 0 unspecified atom stereocenters. The first-order valence-electron chi connectivity index (χ1n) is 10.1. The van der Waals surface area contributed by atoms with Crippen LogP contribution >= 0.6 is 0 Å². The van der Waals surface area contributed by atoms with E-state index in [0.717, 1.165) is 16.9 Å². The zero-order valence-electron chi connectivity index (χ0n) is 17.4. The molecule has 0 aliphatic carbocycles. The maximum atomic E-state index is 13.0. The molecule has 30 heavy (non-hydrogen) atoms. The fraction of sp³-hybridized carbons (Fsp3) is 0.391. The fourth-order valence-corrected chi connectivity index (χ4v) is 3.50. The predicted molar refractivity (Wildman–Crippen MR) is 112 cm³/mol. The van der Waals surface area contributed by atoms with E-state index in [1.54, 1.807) is 24.1 Å². The number of carbonyl (C=O) groups excluding carboxylic acids is 2. The van der Waals surface area contributed by atoms with Crippen LogP contribution in [0.3, 0.4) is 0 Å². The first-order chi connectivity index (χ1) is 14.4. The van der Waals surface area contributed by atoms with Crippen molar-refractivity contribution in [1.29, 1.82) is 0 Å².